The lowest BCUT2D eigenvalue weighted by molar-refractivity contribution is 0.445. The van der Waals surface area contributed by atoms with Crippen LogP contribution in [0.5, 0.6) is 11.5 Å². The van der Waals surface area contributed by atoms with Crippen molar-refractivity contribution < 1.29 is 4.74 Å². The standard InChI is InChI=1S/C30H25NO/c1-18-22-12-6-5-10-20(22)16-25-29-28-24(14-15-31-29)27-21(17-26(28)32-30(18)25)11-7-13-23(27)19-8-3-2-4-9-19/h5-7,10-17,19H,2-4,8-9H2,1H3. The SMILES string of the molecule is Cc1c2c(cc3ccccc13)-c1nccc3c1c(cc1cccc(C4CCCCC4)c13)O2. The predicted molar refractivity (Wildman–Crippen MR) is 133 cm³/mol. The highest BCUT2D eigenvalue weighted by Gasteiger charge is 2.27. The Balaban J connectivity index is 1.57. The molecule has 0 spiro atoms. The topological polar surface area (TPSA) is 22.1 Å². The molecular formula is C30H25NO. The largest absolute Gasteiger partial charge is 0.456 e. The summed E-state index contributed by atoms with van der Waals surface area (Å²) in [6.07, 6.45) is 8.63. The van der Waals surface area contributed by atoms with Crippen LogP contribution in [0.25, 0.3) is 43.6 Å². The Kier molecular flexibility index (Phi) is 3.87. The normalized spacial score (nSPS) is 15.8. The van der Waals surface area contributed by atoms with Gasteiger partial charge < -0.3 is 4.74 Å². The lowest BCUT2D eigenvalue weighted by atomic mass is 9.81. The van der Waals surface area contributed by atoms with Crippen LogP contribution in [-0.4, -0.2) is 4.98 Å². The van der Waals surface area contributed by atoms with Crippen LogP contribution in [0, 0.1) is 6.92 Å². The zero-order valence-electron chi connectivity index (χ0n) is 18.3. The summed E-state index contributed by atoms with van der Waals surface area (Å²) < 4.78 is 6.64. The molecule has 7 rings (SSSR count). The van der Waals surface area contributed by atoms with Crippen LogP contribution < -0.4 is 4.74 Å². The second-order valence-corrected chi connectivity index (χ2v) is 9.44. The Morgan fingerprint density at radius 1 is 0.812 bits per heavy atom. The first-order valence-electron chi connectivity index (χ1n) is 11.8. The number of aromatic nitrogens is 1. The van der Waals surface area contributed by atoms with Crippen LogP contribution in [0.1, 0.15) is 49.1 Å². The van der Waals surface area contributed by atoms with Gasteiger partial charge in [-0.2, -0.15) is 0 Å². The van der Waals surface area contributed by atoms with Crippen molar-refractivity contribution in [2.24, 2.45) is 0 Å². The minimum absolute atomic E-state index is 0.653. The third kappa shape index (κ3) is 2.50. The molecule has 0 radical (unpaired) electrons. The van der Waals surface area contributed by atoms with E-state index < -0.39 is 0 Å². The van der Waals surface area contributed by atoms with E-state index in [-0.39, 0.29) is 0 Å². The zero-order valence-corrected chi connectivity index (χ0v) is 18.3. The Hall–Kier alpha value is -3.39. The Morgan fingerprint density at radius 3 is 2.56 bits per heavy atom. The second-order valence-electron chi connectivity index (χ2n) is 9.44. The van der Waals surface area contributed by atoms with E-state index in [2.05, 4.69) is 67.6 Å². The number of aryl methyl sites for hydroxylation is 1. The van der Waals surface area contributed by atoms with E-state index in [1.165, 1.54) is 70.2 Å². The van der Waals surface area contributed by atoms with Gasteiger partial charge in [0, 0.05) is 17.3 Å². The fourth-order valence-electron chi connectivity index (χ4n) is 6.12. The van der Waals surface area contributed by atoms with Crippen molar-refractivity contribution in [3.8, 4) is 22.8 Å². The molecule has 2 heteroatoms. The summed E-state index contributed by atoms with van der Waals surface area (Å²) in [6.45, 7) is 2.16. The lowest BCUT2D eigenvalue weighted by Gasteiger charge is -2.27. The molecular weight excluding hydrogens is 390 g/mol. The molecule has 4 aromatic carbocycles. The number of hydrogen-bond donors (Lipinski definition) is 0. The van der Waals surface area contributed by atoms with Crippen molar-refractivity contribution >= 4 is 32.3 Å². The average Bonchev–Trinajstić information content (AvgIpc) is 2.85. The molecule has 0 unspecified atom stereocenters. The van der Waals surface area contributed by atoms with E-state index >= 15 is 0 Å². The number of fused-ring (bicyclic) bond motifs is 5. The fraction of sp³-hybridized carbons (Fsp3) is 0.233. The third-order valence-electron chi connectivity index (χ3n) is 7.64. The molecule has 1 aliphatic heterocycles. The highest BCUT2D eigenvalue weighted by Crippen LogP contribution is 2.51. The molecule has 1 saturated carbocycles. The second kappa shape index (κ2) is 6.80. The van der Waals surface area contributed by atoms with Crippen molar-refractivity contribution in [1.82, 2.24) is 4.98 Å². The van der Waals surface area contributed by atoms with Crippen LogP contribution in [-0.2, 0) is 0 Å². The van der Waals surface area contributed by atoms with Crippen molar-refractivity contribution in [3.63, 3.8) is 0 Å². The van der Waals surface area contributed by atoms with Gasteiger partial charge in [-0.1, -0.05) is 61.7 Å². The van der Waals surface area contributed by atoms with Crippen LogP contribution in [0.2, 0.25) is 0 Å². The third-order valence-corrected chi connectivity index (χ3v) is 7.64. The summed E-state index contributed by atoms with van der Waals surface area (Å²) in [5.41, 5.74) is 4.84. The van der Waals surface area contributed by atoms with E-state index in [0.29, 0.717) is 5.92 Å². The predicted octanol–water partition coefficient (Wildman–Crippen LogP) is 8.67. The highest BCUT2D eigenvalue weighted by molar-refractivity contribution is 6.17. The molecule has 0 amide bonds. The van der Waals surface area contributed by atoms with E-state index in [4.69, 9.17) is 9.72 Å². The van der Waals surface area contributed by atoms with Crippen molar-refractivity contribution in [3.05, 3.63) is 78.0 Å². The molecule has 0 atom stereocenters. The van der Waals surface area contributed by atoms with Crippen molar-refractivity contribution in [2.75, 3.05) is 0 Å². The molecule has 0 N–H and O–H groups in total. The molecule has 2 heterocycles. The van der Waals surface area contributed by atoms with Gasteiger partial charge in [-0.15, -0.1) is 0 Å². The lowest BCUT2D eigenvalue weighted by Crippen LogP contribution is -2.06. The van der Waals surface area contributed by atoms with Crippen molar-refractivity contribution in [1.29, 1.82) is 0 Å². The van der Waals surface area contributed by atoms with Gasteiger partial charge in [0.25, 0.3) is 0 Å². The summed E-state index contributed by atoms with van der Waals surface area (Å²) in [4.78, 5) is 4.90. The number of rotatable bonds is 1. The molecule has 156 valence electrons. The van der Waals surface area contributed by atoms with Gasteiger partial charge in [-0.25, -0.2) is 0 Å². The Labute approximate surface area is 187 Å². The van der Waals surface area contributed by atoms with Gasteiger partial charge >= 0.3 is 0 Å². The van der Waals surface area contributed by atoms with E-state index in [1.54, 1.807) is 0 Å². The molecule has 0 bridgehead atoms. The summed E-state index contributed by atoms with van der Waals surface area (Å²) in [5, 5.41) is 7.58. The summed E-state index contributed by atoms with van der Waals surface area (Å²) >= 11 is 0. The number of hydrogen-bond acceptors (Lipinski definition) is 2. The van der Waals surface area contributed by atoms with Crippen LogP contribution in [0.4, 0.5) is 0 Å². The van der Waals surface area contributed by atoms with Crippen LogP contribution in [0.15, 0.2) is 66.9 Å². The fourth-order valence-corrected chi connectivity index (χ4v) is 6.12. The highest BCUT2D eigenvalue weighted by atomic mass is 16.5. The van der Waals surface area contributed by atoms with Gasteiger partial charge in [0.1, 0.15) is 11.5 Å². The molecule has 1 fully saturated rings. The first-order chi connectivity index (χ1) is 15.8. The maximum Gasteiger partial charge on any atom is 0.140 e. The van der Waals surface area contributed by atoms with Crippen molar-refractivity contribution in [2.45, 2.75) is 44.9 Å². The van der Waals surface area contributed by atoms with E-state index in [1.807, 2.05) is 6.20 Å². The minimum Gasteiger partial charge on any atom is -0.456 e. The summed E-state index contributed by atoms with van der Waals surface area (Å²) in [5.74, 6) is 2.53. The van der Waals surface area contributed by atoms with Gasteiger partial charge in [0.2, 0.25) is 0 Å². The number of benzene rings is 4. The first kappa shape index (κ1) is 18.2. The van der Waals surface area contributed by atoms with E-state index in [0.717, 1.165) is 28.1 Å². The van der Waals surface area contributed by atoms with Crippen LogP contribution in [0.3, 0.4) is 0 Å². The monoisotopic (exact) mass is 415 g/mol. The smallest absolute Gasteiger partial charge is 0.140 e. The molecule has 0 saturated heterocycles. The summed E-state index contributed by atoms with van der Waals surface area (Å²) in [6, 6.07) is 22.1. The average molecular weight is 416 g/mol. The number of ether oxygens (including phenoxy) is 1. The first-order valence-corrected chi connectivity index (χ1v) is 11.8. The van der Waals surface area contributed by atoms with Gasteiger partial charge in [0.15, 0.2) is 0 Å². The molecule has 2 nitrogen and oxygen atoms in total. The van der Waals surface area contributed by atoms with E-state index in [9.17, 15) is 0 Å². The van der Waals surface area contributed by atoms with Gasteiger partial charge in [0.05, 0.1) is 11.1 Å². The molecule has 5 aromatic rings. The minimum atomic E-state index is 0.653. The molecule has 32 heavy (non-hydrogen) atoms. The number of pyridine rings is 1. The molecule has 1 aromatic heterocycles. The maximum atomic E-state index is 6.64. The zero-order chi connectivity index (χ0) is 21.2. The number of nitrogens with zero attached hydrogens (tertiary/aromatic N) is 1. The Bertz CT molecular complexity index is 1540. The summed E-state index contributed by atoms with van der Waals surface area (Å²) in [7, 11) is 0. The Morgan fingerprint density at radius 2 is 1.66 bits per heavy atom. The molecule has 1 aliphatic carbocycles. The van der Waals surface area contributed by atoms with Gasteiger partial charge in [-0.3, -0.25) is 4.98 Å². The quantitative estimate of drug-likeness (QED) is 0.251. The maximum absolute atomic E-state index is 6.64. The van der Waals surface area contributed by atoms with Crippen LogP contribution >= 0.6 is 0 Å². The molecule has 2 aliphatic rings. The van der Waals surface area contributed by atoms with Gasteiger partial charge in [-0.05, 0) is 76.4 Å².